The van der Waals surface area contributed by atoms with Crippen molar-refractivity contribution in [3.05, 3.63) is 35.5 Å². The van der Waals surface area contributed by atoms with E-state index >= 15 is 0 Å². The summed E-state index contributed by atoms with van der Waals surface area (Å²) >= 11 is 1.59. The lowest BCUT2D eigenvalue weighted by atomic mass is 9.95. The number of likely N-dealkylation sites (tertiary alicyclic amines) is 1. The second kappa shape index (κ2) is 6.34. The minimum Gasteiger partial charge on any atom is -0.316 e. The average Bonchev–Trinajstić information content (AvgIpc) is 3.09. The summed E-state index contributed by atoms with van der Waals surface area (Å²) < 4.78 is 0. The first-order valence-electron chi connectivity index (χ1n) is 7.89. The predicted octanol–water partition coefficient (Wildman–Crippen LogP) is 4.46. The summed E-state index contributed by atoms with van der Waals surface area (Å²) in [6.45, 7) is 9.19. The van der Waals surface area contributed by atoms with Crippen LogP contribution in [-0.4, -0.2) is 28.0 Å². The van der Waals surface area contributed by atoms with Crippen molar-refractivity contribution in [2.75, 3.05) is 18.4 Å². The van der Waals surface area contributed by atoms with Gasteiger partial charge in [0.15, 0.2) is 5.13 Å². The third kappa shape index (κ3) is 3.84. The fourth-order valence-corrected chi connectivity index (χ4v) is 3.60. The van der Waals surface area contributed by atoms with Crippen molar-refractivity contribution >= 4 is 22.3 Å². The number of thiazole rings is 1. The van der Waals surface area contributed by atoms with Crippen LogP contribution in [0.5, 0.6) is 0 Å². The molecular formula is C17H24N4S. The second-order valence-electron chi connectivity index (χ2n) is 7.10. The highest BCUT2D eigenvalue weighted by Crippen LogP contribution is 2.34. The van der Waals surface area contributed by atoms with Crippen molar-refractivity contribution in [3.8, 4) is 0 Å². The molecule has 118 valence electrons. The van der Waals surface area contributed by atoms with Gasteiger partial charge in [-0.15, -0.1) is 11.3 Å². The Kier molecular flexibility index (Phi) is 4.45. The van der Waals surface area contributed by atoms with Gasteiger partial charge in [0.25, 0.3) is 0 Å². The van der Waals surface area contributed by atoms with Crippen LogP contribution in [0.3, 0.4) is 0 Å². The molecule has 2 aromatic heterocycles. The molecule has 0 amide bonds. The van der Waals surface area contributed by atoms with Crippen molar-refractivity contribution in [1.29, 1.82) is 0 Å². The highest BCUT2D eigenvalue weighted by atomic mass is 32.1. The van der Waals surface area contributed by atoms with E-state index in [1.165, 1.54) is 25.1 Å². The van der Waals surface area contributed by atoms with E-state index in [0.717, 1.165) is 17.5 Å². The van der Waals surface area contributed by atoms with Crippen LogP contribution in [-0.2, 0) is 0 Å². The maximum atomic E-state index is 4.82. The molecule has 0 bridgehead atoms. The molecule has 1 aliphatic rings. The Labute approximate surface area is 136 Å². The highest BCUT2D eigenvalue weighted by Gasteiger charge is 2.30. The van der Waals surface area contributed by atoms with Crippen molar-refractivity contribution < 1.29 is 0 Å². The van der Waals surface area contributed by atoms with Gasteiger partial charge in [-0.05, 0) is 36.9 Å². The number of nitrogens with one attached hydrogen (secondary N) is 1. The van der Waals surface area contributed by atoms with Gasteiger partial charge in [-0.25, -0.2) is 9.97 Å². The van der Waals surface area contributed by atoms with Crippen LogP contribution >= 0.6 is 11.3 Å². The van der Waals surface area contributed by atoms with Crippen molar-refractivity contribution in [3.63, 3.8) is 0 Å². The molecule has 22 heavy (non-hydrogen) atoms. The molecule has 0 radical (unpaired) electrons. The Morgan fingerprint density at radius 2 is 2.23 bits per heavy atom. The molecule has 5 heteroatoms. The summed E-state index contributed by atoms with van der Waals surface area (Å²) in [5, 5.41) is 6.15. The summed E-state index contributed by atoms with van der Waals surface area (Å²) in [5.74, 6) is 0.884. The van der Waals surface area contributed by atoms with Gasteiger partial charge in [0.05, 0.1) is 11.7 Å². The smallest absolute Gasteiger partial charge is 0.188 e. The molecule has 1 N–H and O–H groups in total. The summed E-state index contributed by atoms with van der Waals surface area (Å²) in [6, 6.07) is 6.69. The Bertz CT molecular complexity index is 603. The minimum absolute atomic E-state index is 0.319. The summed E-state index contributed by atoms with van der Waals surface area (Å²) in [7, 11) is 0. The first kappa shape index (κ1) is 15.4. The summed E-state index contributed by atoms with van der Waals surface area (Å²) in [4.78, 5) is 11.7. The largest absolute Gasteiger partial charge is 0.316 e. The maximum absolute atomic E-state index is 4.82. The average molecular weight is 316 g/mol. The third-order valence-corrected chi connectivity index (χ3v) is 4.51. The third-order valence-electron chi connectivity index (χ3n) is 3.82. The van der Waals surface area contributed by atoms with Crippen LogP contribution in [0.25, 0.3) is 0 Å². The normalized spacial score (nSPS) is 19.5. The van der Waals surface area contributed by atoms with Gasteiger partial charge >= 0.3 is 0 Å². The van der Waals surface area contributed by atoms with E-state index in [2.05, 4.69) is 48.1 Å². The lowest BCUT2D eigenvalue weighted by Crippen LogP contribution is -2.32. The fraction of sp³-hybridized carbons (Fsp3) is 0.529. The monoisotopic (exact) mass is 316 g/mol. The first-order chi connectivity index (χ1) is 10.5. The number of hydrogen-bond acceptors (Lipinski definition) is 5. The molecule has 1 atom stereocenters. The van der Waals surface area contributed by atoms with Gasteiger partial charge in [-0.1, -0.05) is 26.8 Å². The first-order valence-corrected chi connectivity index (χ1v) is 8.77. The topological polar surface area (TPSA) is 41.0 Å². The van der Waals surface area contributed by atoms with Crippen molar-refractivity contribution in [1.82, 2.24) is 14.9 Å². The Balaban J connectivity index is 1.76. The SMILES string of the molecule is CC(C)(C)CN1CCCC1c1cccc(Nc2nccs2)n1. The summed E-state index contributed by atoms with van der Waals surface area (Å²) in [5.41, 5.74) is 1.49. The van der Waals surface area contributed by atoms with Gasteiger partial charge in [0.2, 0.25) is 0 Å². The highest BCUT2D eigenvalue weighted by molar-refractivity contribution is 7.13. The lowest BCUT2D eigenvalue weighted by Gasteiger charge is -2.31. The molecule has 1 unspecified atom stereocenters. The number of pyridine rings is 1. The molecule has 0 aromatic carbocycles. The fourth-order valence-electron chi connectivity index (χ4n) is 3.06. The van der Waals surface area contributed by atoms with Crippen LogP contribution in [0.4, 0.5) is 10.9 Å². The van der Waals surface area contributed by atoms with Crippen LogP contribution in [0.15, 0.2) is 29.8 Å². The zero-order chi connectivity index (χ0) is 15.6. The molecule has 1 aliphatic heterocycles. The molecule has 4 nitrogen and oxygen atoms in total. The van der Waals surface area contributed by atoms with Crippen molar-refractivity contribution in [2.45, 2.75) is 39.7 Å². The number of aromatic nitrogens is 2. The van der Waals surface area contributed by atoms with E-state index in [9.17, 15) is 0 Å². The Hall–Kier alpha value is -1.46. The van der Waals surface area contributed by atoms with Crippen LogP contribution < -0.4 is 5.32 Å². The number of anilines is 2. The number of rotatable bonds is 4. The zero-order valence-corrected chi connectivity index (χ0v) is 14.4. The van der Waals surface area contributed by atoms with E-state index < -0.39 is 0 Å². The number of hydrogen-bond donors (Lipinski definition) is 1. The standard InChI is InChI=1S/C17H24N4S/c1-17(2,3)12-21-10-5-7-14(21)13-6-4-8-15(19-13)20-16-18-9-11-22-16/h4,6,8-9,11,14H,5,7,10,12H2,1-3H3,(H,18,19,20). The van der Waals surface area contributed by atoms with Gasteiger partial charge in [-0.2, -0.15) is 0 Å². The van der Waals surface area contributed by atoms with Gasteiger partial charge in [0.1, 0.15) is 5.82 Å². The molecule has 1 fully saturated rings. The molecule has 3 heterocycles. The molecule has 1 saturated heterocycles. The van der Waals surface area contributed by atoms with Crippen LogP contribution in [0.1, 0.15) is 45.3 Å². The molecule has 0 saturated carbocycles. The van der Waals surface area contributed by atoms with E-state index in [1.807, 2.05) is 11.4 Å². The second-order valence-corrected chi connectivity index (χ2v) is 7.99. The van der Waals surface area contributed by atoms with Gasteiger partial charge < -0.3 is 5.32 Å². The van der Waals surface area contributed by atoms with Gasteiger partial charge in [-0.3, -0.25) is 4.90 Å². The Morgan fingerprint density at radius 3 is 2.95 bits per heavy atom. The van der Waals surface area contributed by atoms with Crippen molar-refractivity contribution in [2.24, 2.45) is 5.41 Å². The lowest BCUT2D eigenvalue weighted by molar-refractivity contribution is 0.176. The van der Waals surface area contributed by atoms with E-state index in [1.54, 1.807) is 17.5 Å². The van der Waals surface area contributed by atoms with E-state index in [-0.39, 0.29) is 0 Å². The van der Waals surface area contributed by atoms with E-state index in [0.29, 0.717) is 11.5 Å². The molecule has 3 rings (SSSR count). The van der Waals surface area contributed by atoms with Gasteiger partial charge in [0, 0.05) is 18.1 Å². The molecule has 0 spiro atoms. The van der Waals surface area contributed by atoms with Crippen LogP contribution in [0, 0.1) is 5.41 Å². The Morgan fingerprint density at radius 1 is 1.36 bits per heavy atom. The van der Waals surface area contributed by atoms with Crippen LogP contribution in [0.2, 0.25) is 0 Å². The molecular weight excluding hydrogens is 292 g/mol. The predicted molar refractivity (Wildman–Crippen MR) is 92.6 cm³/mol. The maximum Gasteiger partial charge on any atom is 0.188 e. The quantitative estimate of drug-likeness (QED) is 0.904. The molecule has 2 aromatic rings. The zero-order valence-electron chi connectivity index (χ0n) is 13.5. The minimum atomic E-state index is 0.319. The number of nitrogens with zero attached hydrogens (tertiary/aromatic N) is 3. The van der Waals surface area contributed by atoms with E-state index in [4.69, 9.17) is 4.98 Å². The summed E-state index contributed by atoms with van der Waals surface area (Å²) in [6.07, 6.45) is 4.26. The molecule has 0 aliphatic carbocycles.